The molecule has 2 aromatic heterocycles. The molecule has 1 unspecified atom stereocenters. The van der Waals surface area contributed by atoms with E-state index in [0.717, 1.165) is 24.2 Å². The SMILES string of the molecule is CCCn1nncc1C(NC)c1ccnnc1. The monoisotopic (exact) mass is 232 g/mol. The van der Waals surface area contributed by atoms with Gasteiger partial charge in [-0.05, 0) is 25.1 Å². The van der Waals surface area contributed by atoms with Crippen molar-refractivity contribution in [2.45, 2.75) is 25.9 Å². The van der Waals surface area contributed by atoms with Crippen molar-refractivity contribution < 1.29 is 0 Å². The first-order chi connectivity index (χ1) is 8.36. The second-order valence-electron chi connectivity index (χ2n) is 3.78. The zero-order valence-corrected chi connectivity index (χ0v) is 10.0. The Hall–Kier alpha value is -1.82. The lowest BCUT2D eigenvalue weighted by Crippen LogP contribution is -2.21. The maximum Gasteiger partial charge on any atom is 0.0802 e. The van der Waals surface area contributed by atoms with Crippen molar-refractivity contribution in [3.8, 4) is 0 Å². The molecular weight excluding hydrogens is 216 g/mol. The topological polar surface area (TPSA) is 68.5 Å². The van der Waals surface area contributed by atoms with Crippen molar-refractivity contribution in [2.75, 3.05) is 7.05 Å². The zero-order valence-electron chi connectivity index (χ0n) is 10.0. The predicted octanol–water partition coefficient (Wildman–Crippen LogP) is 0.787. The van der Waals surface area contributed by atoms with Gasteiger partial charge < -0.3 is 5.32 Å². The molecule has 6 nitrogen and oxygen atoms in total. The van der Waals surface area contributed by atoms with Crippen LogP contribution < -0.4 is 5.32 Å². The molecule has 0 amide bonds. The standard InChI is InChI=1S/C11H16N6/c1-3-6-17-10(8-15-16-17)11(12-2)9-4-5-13-14-7-9/h4-5,7-8,11-12H,3,6H2,1-2H3. The van der Waals surface area contributed by atoms with Crippen molar-refractivity contribution >= 4 is 0 Å². The highest BCUT2D eigenvalue weighted by Gasteiger charge is 2.17. The summed E-state index contributed by atoms with van der Waals surface area (Å²) in [5.74, 6) is 0. The molecule has 0 spiro atoms. The Balaban J connectivity index is 2.32. The van der Waals surface area contributed by atoms with Gasteiger partial charge in [-0.25, -0.2) is 4.68 Å². The smallest absolute Gasteiger partial charge is 0.0802 e. The average molecular weight is 232 g/mol. The van der Waals surface area contributed by atoms with Crippen LogP contribution in [0.25, 0.3) is 0 Å². The van der Waals surface area contributed by atoms with Gasteiger partial charge in [0.05, 0.1) is 24.1 Å². The minimum Gasteiger partial charge on any atom is -0.308 e. The Bertz CT molecular complexity index is 452. The lowest BCUT2D eigenvalue weighted by atomic mass is 10.1. The number of aromatic nitrogens is 5. The molecule has 0 aromatic carbocycles. The van der Waals surface area contributed by atoms with Crippen molar-refractivity contribution in [3.63, 3.8) is 0 Å². The van der Waals surface area contributed by atoms with Crippen LogP contribution in [0.2, 0.25) is 0 Å². The molecule has 17 heavy (non-hydrogen) atoms. The van der Waals surface area contributed by atoms with E-state index in [4.69, 9.17) is 0 Å². The second kappa shape index (κ2) is 5.49. The van der Waals surface area contributed by atoms with Crippen molar-refractivity contribution in [1.82, 2.24) is 30.5 Å². The number of rotatable bonds is 5. The van der Waals surface area contributed by atoms with E-state index >= 15 is 0 Å². The molecule has 2 aromatic rings. The van der Waals surface area contributed by atoms with Gasteiger partial charge in [-0.1, -0.05) is 12.1 Å². The molecule has 90 valence electrons. The van der Waals surface area contributed by atoms with Crippen LogP contribution in [0, 0.1) is 0 Å². The van der Waals surface area contributed by atoms with Crippen LogP contribution in [0.15, 0.2) is 24.7 Å². The maximum atomic E-state index is 4.09. The van der Waals surface area contributed by atoms with E-state index < -0.39 is 0 Å². The molecule has 0 fully saturated rings. The highest BCUT2D eigenvalue weighted by atomic mass is 15.4. The van der Waals surface area contributed by atoms with Gasteiger partial charge >= 0.3 is 0 Å². The molecule has 2 rings (SSSR count). The molecule has 1 N–H and O–H groups in total. The van der Waals surface area contributed by atoms with E-state index in [-0.39, 0.29) is 6.04 Å². The van der Waals surface area contributed by atoms with Crippen LogP contribution in [-0.4, -0.2) is 32.2 Å². The summed E-state index contributed by atoms with van der Waals surface area (Å²) in [5.41, 5.74) is 2.10. The fourth-order valence-corrected chi connectivity index (χ4v) is 1.83. The summed E-state index contributed by atoms with van der Waals surface area (Å²) in [6.07, 6.45) is 6.26. The van der Waals surface area contributed by atoms with Crippen LogP contribution in [0.4, 0.5) is 0 Å². The molecule has 0 aliphatic rings. The number of nitrogens with zero attached hydrogens (tertiary/aromatic N) is 5. The third-order valence-corrected chi connectivity index (χ3v) is 2.61. The molecule has 0 bridgehead atoms. The first-order valence-corrected chi connectivity index (χ1v) is 5.69. The number of aryl methyl sites for hydroxylation is 1. The number of hydrogen-bond acceptors (Lipinski definition) is 5. The molecule has 0 saturated heterocycles. The van der Waals surface area contributed by atoms with Gasteiger partial charge in [-0.15, -0.1) is 5.10 Å². The Kier molecular flexibility index (Phi) is 3.77. The fraction of sp³-hybridized carbons (Fsp3) is 0.455. The summed E-state index contributed by atoms with van der Waals surface area (Å²) in [7, 11) is 1.91. The maximum absolute atomic E-state index is 4.09. The summed E-state index contributed by atoms with van der Waals surface area (Å²) in [5, 5.41) is 19.0. The Morgan fingerprint density at radius 1 is 1.29 bits per heavy atom. The van der Waals surface area contributed by atoms with Gasteiger partial charge in [0.25, 0.3) is 0 Å². The first-order valence-electron chi connectivity index (χ1n) is 5.69. The Morgan fingerprint density at radius 2 is 2.18 bits per heavy atom. The molecular formula is C11H16N6. The molecule has 0 aliphatic carbocycles. The summed E-state index contributed by atoms with van der Waals surface area (Å²) in [4.78, 5) is 0. The van der Waals surface area contributed by atoms with Gasteiger partial charge in [0, 0.05) is 12.7 Å². The number of hydrogen-bond donors (Lipinski definition) is 1. The summed E-state index contributed by atoms with van der Waals surface area (Å²) < 4.78 is 1.92. The van der Waals surface area contributed by atoms with E-state index in [0.29, 0.717) is 0 Å². The molecule has 2 heterocycles. The van der Waals surface area contributed by atoms with Crippen LogP contribution in [0.3, 0.4) is 0 Å². The fourth-order valence-electron chi connectivity index (χ4n) is 1.83. The van der Waals surface area contributed by atoms with Gasteiger partial charge in [-0.3, -0.25) is 0 Å². The third-order valence-electron chi connectivity index (χ3n) is 2.61. The van der Waals surface area contributed by atoms with Gasteiger partial charge in [0.1, 0.15) is 0 Å². The molecule has 0 aliphatic heterocycles. The minimum absolute atomic E-state index is 0.0482. The summed E-state index contributed by atoms with van der Waals surface area (Å²) in [6, 6.07) is 1.99. The Labute approximate surface area is 100 Å². The van der Waals surface area contributed by atoms with E-state index in [1.54, 1.807) is 18.6 Å². The summed E-state index contributed by atoms with van der Waals surface area (Å²) in [6.45, 7) is 2.99. The second-order valence-corrected chi connectivity index (χ2v) is 3.78. The molecule has 0 radical (unpaired) electrons. The van der Waals surface area contributed by atoms with Crippen LogP contribution in [0.5, 0.6) is 0 Å². The van der Waals surface area contributed by atoms with Gasteiger partial charge in [0.2, 0.25) is 0 Å². The molecule has 0 saturated carbocycles. The zero-order chi connectivity index (χ0) is 12.1. The van der Waals surface area contributed by atoms with E-state index in [9.17, 15) is 0 Å². The highest BCUT2D eigenvalue weighted by molar-refractivity contribution is 5.22. The van der Waals surface area contributed by atoms with E-state index in [1.165, 1.54) is 0 Å². The van der Waals surface area contributed by atoms with Crippen LogP contribution >= 0.6 is 0 Å². The Morgan fingerprint density at radius 3 is 2.82 bits per heavy atom. The average Bonchev–Trinajstić information content (AvgIpc) is 2.81. The van der Waals surface area contributed by atoms with E-state index in [1.807, 2.05) is 17.8 Å². The predicted molar refractivity (Wildman–Crippen MR) is 63.2 cm³/mol. The summed E-state index contributed by atoms with van der Waals surface area (Å²) >= 11 is 0. The number of nitrogens with one attached hydrogen (secondary N) is 1. The molecule has 6 heteroatoms. The van der Waals surface area contributed by atoms with Crippen molar-refractivity contribution in [3.05, 3.63) is 35.9 Å². The molecule has 1 atom stereocenters. The lowest BCUT2D eigenvalue weighted by Gasteiger charge is -2.16. The van der Waals surface area contributed by atoms with Crippen LogP contribution in [0.1, 0.15) is 30.6 Å². The van der Waals surface area contributed by atoms with Crippen molar-refractivity contribution in [2.24, 2.45) is 0 Å². The van der Waals surface area contributed by atoms with Crippen molar-refractivity contribution in [1.29, 1.82) is 0 Å². The van der Waals surface area contributed by atoms with Gasteiger partial charge in [-0.2, -0.15) is 10.2 Å². The van der Waals surface area contributed by atoms with Crippen LogP contribution in [-0.2, 0) is 6.54 Å². The quantitative estimate of drug-likeness (QED) is 0.825. The first kappa shape index (κ1) is 11.7. The third kappa shape index (κ3) is 2.47. The van der Waals surface area contributed by atoms with Gasteiger partial charge in [0.15, 0.2) is 0 Å². The minimum atomic E-state index is 0.0482. The highest BCUT2D eigenvalue weighted by Crippen LogP contribution is 2.19. The normalized spacial score (nSPS) is 12.6. The lowest BCUT2D eigenvalue weighted by molar-refractivity contribution is 0.522. The largest absolute Gasteiger partial charge is 0.308 e. The van der Waals surface area contributed by atoms with E-state index in [2.05, 4.69) is 32.7 Å².